The summed E-state index contributed by atoms with van der Waals surface area (Å²) in [5.74, 6) is -0.252. The molecule has 0 bridgehead atoms. The van der Waals surface area contributed by atoms with E-state index in [-0.39, 0.29) is 11.7 Å². The van der Waals surface area contributed by atoms with Crippen LogP contribution in [-0.2, 0) is 0 Å². The summed E-state index contributed by atoms with van der Waals surface area (Å²) in [6, 6.07) is 3.22. The molecule has 0 aliphatic carbocycles. The number of Topliss-reactive ketones (excluding diaryl/α,β-unsaturated/α-hetero) is 1. The van der Waals surface area contributed by atoms with Crippen LogP contribution in [0.4, 0.5) is 5.69 Å². The molecule has 0 unspecified atom stereocenters. The number of benzene rings is 1. The van der Waals surface area contributed by atoms with Crippen LogP contribution in [0.3, 0.4) is 0 Å². The first-order valence-corrected chi connectivity index (χ1v) is 4.62. The van der Waals surface area contributed by atoms with Crippen molar-refractivity contribution in [1.29, 1.82) is 0 Å². The quantitative estimate of drug-likeness (QED) is 0.471. The Morgan fingerprint density at radius 3 is 2.69 bits per heavy atom. The van der Waals surface area contributed by atoms with Crippen LogP contribution >= 0.6 is 23.2 Å². The van der Waals surface area contributed by atoms with Gasteiger partial charge in [-0.3, -0.25) is 4.79 Å². The molecule has 4 heteroatoms. The van der Waals surface area contributed by atoms with Gasteiger partial charge in [0.05, 0.1) is 10.9 Å². The van der Waals surface area contributed by atoms with E-state index in [0.29, 0.717) is 16.3 Å². The molecule has 0 fully saturated rings. The van der Waals surface area contributed by atoms with E-state index < -0.39 is 0 Å². The maximum atomic E-state index is 11.2. The maximum absolute atomic E-state index is 11.2. The molecule has 0 aromatic heterocycles. The average molecular weight is 218 g/mol. The minimum atomic E-state index is -0.185. The highest BCUT2D eigenvalue weighted by molar-refractivity contribution is 6.37. The Morgan fingerprint density at radius 2 is 2.15 bits per heavy atom. The number of rotatable bonds is 2. The van der Waals surface area contributed by atoms with Crippen molar-refractivity contribution < 1.29 is 4.79 Å². The molecule has 13 heavy (non-hydrogen) atoms. The molecule has 0 saturated carbocycles. The second kappa shape index (κ2) is 3.99. The normalized spacial score (nSPS) is 10.1. The molecular weight excluding hydrogens is 209 g/mol. The lowest BCUT2D eigenvalue weighted by atomic mass is 10.1. The number of aryl methyl sites for hydroxylation is 1. The summed E-state index contributed by atoms with van der Waals surface area (Å²) < 4.78 is 0. The van der Waals surface area contributed by atoms with E-state index in [2.05, 4.69) is 0 Å². The van der Waals surface area contributed by atoms with Crippen LogP contribution in [0.5, 0.6) is 0 Å². The molecule has 0 heterocycles. The smallest absolute Gasteiger partial charge is 0.179 e. The van der Waals surface area contributed by atoms with Crippen molar-refractivity contribution in [3.05, 3.63) is 28.3 Å². The Morgan fingerprint density at radius 1 is 1.54 bits per heavy atom. The van der Waals surface area contributed by atoms with Crippen LogP contribution in [0.2, 0.25) is 5.02 Å². The third kappa shape index (κ3) is 2.14. The van der Waals surface area contributed by atoms with Gasteiger partial charge < -0.3 is 5.73 Å². The van der Waals surface area contributed by atoms with E-state index >= 15 is 0 Å². The maximum Gasteiger partial charge on any atom is 0.179 e. The average Bonchev–Trinajstić information content (AvgIpc) is 2.10. The van der Waals surface area contributed by atoms with E-state index in [0.717, 1.165) is 5.56 Å². The van der Waals surface area contributed by atoms with E-state index in [1.807, 2.05) is 6.92 Å². The van der Waals surface area contributed by atoms with Crippen LogP contribution < -0.4 is 5.73 Å². The van der Waals surface area contributed by atoms with Gasteiger partial charge in [-0.1, -0.05) is 11.6 Å². The largest absolute Gasteiger partial charge is 0.398 e. The van der Waals surface area contributed by atoms with Crippen LogP contribution in [0.1, 0.15) is 15.9 Å². The number of halogens is 2. The summed E-state index contributed by atoms with van der Waals surface area (Å²) in [5, 5.41) is 0.355. The van der Waals surface area contributed by atoms with Gasteiger partial charge in [0, 0.05) is 11.3 Å². The van der Waals surface area contributed by atoms with Gasteiger partial charge >= 0.3 is 0 Å². The first-order valence-electron chi connectivity index (χ1n) is 3.71. The van der Waals surface area contributed by atoms with Gasteiger partial charge in [-0.15, -0.1) is 11.6 Å². The second-order valence-corrected chi connectivity index (χ2v) is 3.42. The van der Waals surface area contributed by atoms with Gasteiger partial charge in [-0.05, 0) is 24.6 Å². The predicted molar refractivity (Wildman–Crippen MR) is 55.7 cm³/mol. The number of alkyl halides is 1. The monoisotopic (exact) mass is 217 g/mol. The molecular formula is C9H9Cl2NO. The molecule has 0 aliphatic heterocycles. The zero-order chi connectivity index (χ0) is 10.0. The van der Waals surface area contributed by atoms with Gasteiger partial charge in [-0.2, -0.15) is 0 Å². The SMILES string of the molecule is Cc1cc(C(=O)CCl)c(Cl)cc1N. The van der Waals surface area contributed by atoms with Crippen LogP contribution in [0.15, 0.2) is 12.1 Å². The standard InChI is InChI=1S/C9H9Cl2NO/c1-5-2-6(9(13)4-10)7(11)3-8(5)12/h2-3H,4,12H2,1H3. The molecule has 70 valence electrons. The summed E-state index contributed by atoms with van der Waals surface area (Å²) in [5.41, 5.74) is 7.45. The number of ketones is 1. The van der Waals surface area contributed by atoms with Gasteiger partial charge in [0.2, 0.25) is 0 Å². The van der Waals surface area contributed by atoms with Crippen molar-refractivity contribution in [2.24, 2.45) is 0 Å². The third-order valence-corrected chi connectivity index (χ3v) is 2.33. The molecule has 0 atom stereocenters. The van der Waals surface area contributed by atoms with E-state index in [1.54, 1.807) is 12.1 Å². The van der Waals surface area contributed by atoms with Crippen LogP contribution in [0.25, 0.3) is 0 Å². The first kappa shape index (κ1) is 10.4. The topological polar surface area (TPSA) is 43.1 Å². The summed E-state index contributed by atoms with van der Waals surface area (Å²) >= 11 is 11.2. The van der Waals surface area contributed by atoms with Gasteiger partial charge in [0.15, 0.2) is 5.78 Å². The third-order valence-electron chi connectivity index (χ3n) is 1.78. The van der Waals surface area contributed by atoms with E-state index in [4.69, 9.17) is 28.9 Å². The Bertz CT molecular complexity index is 350. The highest BCUT2D eigenvalue weighted by atomic mass is 35.5. The molecule has 2 nitrogen and oxygen atoms in total. The summed E-state index contributed by atoms with van der Waals surface area (Å²) in [7, 11) is 0. The Kier molecular flexibility index (Phi) is 3.17. The fourth-order valence-electron chi connectivity index (χ4n) is 0.983. The first-order chi connectivity index (χ1) is 6.06. The van der Waals surface area contributed by atoms with Crippen molar-refractivity contribution in [3.8, 4) is 0 Å². The second-order valence-electron chi connectivity index (χ2n) is 2.75. The van der Waals surface area contributed by atoms with Crippen molar-refractivity contribution in [2.45, 2.75) is 6.92 Å². The molecule has 0 amide bonds. The highest BCUT2D eigenvalue weighted by Crippen LogP contribution is 2.23. The van der Waals surface area contributed by atoms with Gasteiger partial charge in [0.1, 0.15) is 0 Å². The molecule has 0 spiro atoms. The zero-order valence-corrected chi connectivity index (χ0v) is 8.62. The lowest BCUT2D eigenvalue weighted by Gasteiger charge is -2.05. The summed E-state index contributed by atoms with van der Waals surface area (Å²) in [4.78, 5) is 11.2. The Hall–Kier alpha value is -0.730. The van der Waals surface area contributed by atoms with Crippen LogP contribution in [-0.4, -0.2) is 11.7 Å². The molecule has 1 aromatic rings. The zero-order valence-electron chi connectivity index (χ0n) is 7.10. The summed E-state index contributed by atoms with van der Waals surface area (Å²) in [6.07, 6.45) is 0. The van der Waals surface area contributed by atoms with Crippen molar-refractivity contribution in [2.75, 3.05) is 11.6 Å². The number of hydrogen-bond donors (Lipinski definition) is 1. The fourth-order valence-corrected chi connectivity index (χ4v) is 1.40. The van der Waals surface area contributed by atoms with Gasteiger partial charge in [-0.25, -0.2) is 0 Å². The van der Waals surface area contributed by atoms with E-state index in [9.17, 15) is 4.79 Å². The van der Waals surface area contributed by atoms with Crippen LogP contribution in [0, 0.1) is 6.92 Å². The minimum Gasteiger partial charge on any atom is -0.398 e. The number of nitrogens with two attached hydrogens (primary N) is 1. The number of hydrogen-bond acceptors (Lipinski definition) is 2. The Balaban J connectivity index is 3.23. The van der Waals surface area contributed by atoms with Crippen molar-refractivity contribution in [3.63, 3.8) is 0 Å². The minimum absolute atomic E-state index is 0.0664. The number of carbonyl (C=O) groups is 1. The predicted octanol–water partition coefficient (Wildman–Crippen LogP) is 2.65. The van der Waals surface area contributed by atoms with Crippen molar-refractivity contribution in [1.82, 2.24) is 0 Å². The number of carbonyl (C=O) groups excluding carboxylic acids is 1. The fraction of sp³-hybridized carbons (Fsp3) is 0.222. The molecule has 1 aromatic carbocycles. The molecule has 0 saturated heterocycles. The lowest BCUT2D eigenvalue weighted by Crippen LogP contribution is -2.03. The highest BCUT2D eigenvalue weighted by Gasteiger charge is 2.10. The lowest BCUT2D eigenvalue weighted by molar-refractivity contribution is 0.102. The summed E-state index contributed by atoms with van der Waals surface area (Å²) in [6.45, 7) is 1.82. The number of anilines is 1. The van der Waals surface area contributed by atoms with Crippen molar-refractivity contribution >= 4 is 34.7 Å². The van der Waals surface area contributed by atoms with Gasteiger partial charge in [0.25, 0.3) is 0 Å². The molecule has 0 aliphatic rings. The molecule has 1 rings (SSSR count). The molecule has 2 N–H and O–H groups in total. The number of nitrogen functional groups attached to an aromatic ring is 1. The van der Waals surface area contributed by atoms with E-state index in [1.165, 1.54) is 0 Å². The Labute approximate surface area is 86.6 Å². The molecule has 0 radical (unpaired) electrons.